The Labute approximate surface area is 168 Å². The molecule has 0 saturated carbocycles. The largest absolute Gasteiger partial charge is 0.493 e. The molecule has 27 heavy (non-hydrogen) atoms. The van der Waals surface area contributed by atoms with E-state index in [2.05, 4.69) is 32.2 Å². The van der Waals surface area contributed by atoms with Crippen LogP contribution in [0.2, 0.25) is 0 Å². The standard InChI is InChI=1S/C19H17BrN4O2S/c1-25-15-8-6-12(10-16(15)26-2)7-9-17-21-22-19-24(17)23-18(27-19)13-4-3-5-14(20)11-13/h3-6,8,10-11H,7,9H2,1-2H3. The van der Waals surface area contributed by atoms with Crippen LogP contribution in [-0.2, 0) is 12.8 Å². The molecule has 8 heteroatoms. The van der Waals surface area contributed by atoms with E-state index in [0.29, 0.717) is 0 Å². The molecule has 2 aromatic carbocycles. The Morgan fingerprint density at radius 2 is 1.85 bits per heavy atom. The Kier molecular flexibility index (Phi) is 5.09. The van der Waals surface area contributed by atoms with Gasteiger partial charge in [-0.15, -0.1) is 10.2 Å². The molecule has 138 valence electrons. The molecule has 0 saturated heterocycles. The number of ether oxygens (including phenoxy) is 2. The predicted octanol–water partition coefficient (Wildman–Crippen LogP) is 4.42. The first-order chi connectivity index (χ1) is 13.2. The van der Waals surface area contributed by atoms with Crippen molar-refractivity contribution >= 4 is 32.2 Å². The molecular formula is C19H17BrN4O2S. The number of aromatic nitrogens is 4. The van der Waals surface area contributed by atoms with Gasteiger partial charge in [0.15, 0.2) is 17.3 Å². The van der Waals surface area contributed by atoms with Crippen LogP contribution in [0.5, 0.6) is 11.5 Å². The summed E-state index contributed by atoms with van der Waals surface area (Å²) >= 11 is 5.04. The molecule has 2 heterocycles. The van der Waals surface area contributed by atoms with E-state index in [-0.39, 0.29) is 0 Å². The minimum Gasteiger partial charge on any atom is -0.493 e. The highest BCUT2D eigenvalue weighted by molar-refractivity contribution is 9.10. The minimum atomic E-state index is 0.726. The average molecular weight is 445 g/mol. The Hall–Kier alpha value is -2.45. The molecule has 0 N–H and O–H groups in total. The normalized spacial score (nSPS) is 11.1. The number of fused-ring (bicyclic) bond motifs is 1. The number of nitrogens with zero attached hydrogens (tertiary/aromatic N) is 4. The zero-order valence-corrected chi connectivity index (χ0v) is 17.2. The highest BCUT2D eigenvalue weighted by Gasteiger charge is 2.14. The van der Waals surface area contributed by atoms with Crippen molar-refractivity contribution in [1.29, 1.82) is 0 Å². The van der Waals surface area contributed by atoms with Gasteiger partial charge in [-0.05, 0) is 36.2 Å². The number of hydrogen-bond acceptors (Lipinski definition) is 6. The summed E-state index contributed by atoms with van der Waals surface area (Å²) in [5.74, 6) is 2.30. The van der Waals surface area contributed by atoms with Crippen LogP contribution in [0.25, 0.3) is 15.5 Å². The van der Waals surface area contributed by atoms with Crippen LogP contribution in [0.3, 0.4) is 0 Å². The van der Waals surface area contributed by atoms with E-state index in [1.807, 2.05) is 40.9 Å². The molecule has 2 aromatic heterocycles. The van der Waals surface area contributed by atoms with E-state index >= 15 is 0 Å². The monoisotopic (exact) mass is 444 g/mol. The van der Waals surface area contributed by atoms with Crippen LogP contribution in [0.1, 0.15) is 11.4 Å². The average Bonchev–Trinajstić information content (AvgIpc) is 3.27. The van der Waals surface area contributed by atoms with Crippen molar-refractivity contribution in [3.8, 4) is 22.1 Å². The summed E-state index contributed by atoms with van der Waals surface area (Å²) in [6.45, 7) is 0. The summed E-state index contributed by atoms with van der Waals surface area (Å²) in [6.07, 6.45) is 1.54. The third-order valence-electron chi connectivity index (χ3n) is 4.21. The number of rotatable bonds is 6. The van der Waals surface area contributed by atoms with Gasteiger partial charge in [0.25, 0.3) is 0 Å². The Morgan fingerprint density at radius 3 is 2.63 bits per heavy atom. The molecular weight excluding hydrogens is 428 g/mol. The first-order valence-corrected chi connectivity index (χ1v) is 9.97. The molecule has 4 rings (SSSR count). The van der Waals surface area contributed by atoms with E-state index in [1.165, 1.54) is 11.3 Å². The lowest BCUT2D eigenvalue weighted by molar-refractivity contribution is 0.354. The van der Waals surface area contributed by atoms with Crippen LogP contribution < -0.4 is 9.47 Å². The van der Waals surface area contributed by atoms with Gasteiger partial charge in [-0.2, -0.15) is 9.61 Å². The lowest BCUT2D eigenvalue weighted by Crippen LogP contribution is -2.00. The first-order valence-electron chi connectivity index (χ1n) is 8.36. The van der Waals surface area contributed by atoms with Crippen LogP contribution in [0, 0.1) is 0 Å². The van der Waals surface area contributed by atoms with Crippen LogP contribution >= 0.6 is 27.3 Å². The van der Waals surface area contributed by atoms with Crippen LogP contribution in [0.15, 0.2) is 46.9 Å². The molecule has 0 atom stereocenters. The van der Waals surface area contributed by atoms with Crippen molar-refractivity contribution in [2.45, 2.75) is 12.8 Å². The van der Waals surface area contributed by atoms with Gasteiger partial charge in [-0.25, -0.2) is 0 Å². The van der Waals surface area contributed by atoms with E-state index in [9.17, 15) is 0 Å². The number of benzene rings is 2. The number of aryl methyl sites for hydroxylation is 2. The lowest BCUT2D eigenvalue weighted by atomic mass is 10.1. The van der Waals surface area contributed by atoms with Gasteiger partial charge >= 0.3 is 0 Å². The maximum absolute atomic E-state index is 5.37. The summed E-state index contributed by atoms with van der Waals surface area (Å²) in [5, 5.41) is 14.2. The van der Waals surface area contributed by atoms with Crippen molar-refractivity contribution < 1.29 is 9.47 Å². The summed E-state index contributed by atoms with van der Waals surface area (Å²) in [5.41, 5.74) is 2.21. The van der Waals surface area contributed by atoms with Crippen molar-refractivity contribution in [3.05, 3.63) is 58.3 Å². The van der Waals surface area contributed by atoms with Gasteiger partial charge in [-0.1, -0.05) is 45.5 Å². The third kappa shape index (κ3) is 3.68. The van der Waals surface area contributed by atoms with Crippen molar-refractivity contribution in [1.82, 2.24) is 19.8 Å². The smallest absolute Gasteiger partial charge is 0.234 e. The second-order valence-corrected chi connectivity index (χ2v) is 7.79. The highest BCUT2D eigenvalue weighted by atomic mass is 79.9. The molecule has 0 bridgehead atoms. The van der Waals surface area contributed by atoms with Gasteiger partial charge in [0, 0.05) is 16.5 Å². The Bertz CT molecular complexity index is 1090. The molecule has 0 aliphatic heterocycles. The Morgan fingerprint density at radius 1 is 1.00 bits per heavy atom. The fraction of sp³-hybridized carbons (Fsp3) is 0.211. The quantitative estimate of drug-likeness (QED) is 0.440. The van der Waals surface area contributed by atoms with Gasteiger partial charge in [0.05, 0.1) is 14.2 Å². The van der Waals surface area contributed by atoms with Crippen molar-refractivity contribution in [2.24, 2.45) is 0 Å². The van der Waals surface area contributed by atoms with E-state index in [4.69, 9.17) is 14.6 Å². The summed E-state index contributed by atoms with van der Waals surface area (Å²) in [7, 11) is 3.28. The molecule has 0 amide bonds. The van der Waals surface area contributed by atoms with E-state index < -0.39 is 0 Å². The molecule has 0 fully saturated rings. The topological polar surface area (TPSA) is 61.5 Å². The SMILES string of the molecule is COc1ccc(CCc2nnc3sc(-c4cccc(Br)c4)nn23)cc1OC. The van der Waals surface area contributed by atoms with E-state index in [0.717, 1.165) is 55.7 Å². The van der Waals surface area contributed by atoms with Crippen molar-refractivity contribution in [3.63, 3.8) is 0 Å². The Balaban J connectivity index is 1.56. The zero-order chi connectivity index (χ0) is 18.8. The number of hydrogen-bond donors (Lipinski definition) is 0. The summed E-state index contributed by atoms with van der Waals surface area (Å²) < 4.78 is 13.5. The molecule has 0 spiro atoms. The molecule has 0 unspecified atom stereocenters. The van der Waals surface area contributed by atoms with Crippen molar-refractivity contribution in [2.75, 3.05) is 14.2 Å². The fourth-order valence-electron chi connectivity index (χ4n) is 2.84. The minimum absolute atomic E-state index is 0.726. The maximum atomic E-state index is 5.37. The molecule has 0 aliphatic rings. The number of methoxy groups -OCH3 is 2. The predicted molar refractivity (Wildman–Crippen MR) is 109 cm³/mol. The third-order valence-corrected chi connectivity index (χ3v) is 5.65. The summed E-state index contributed by atoms with van der Waals surface area (Å²) in [4.78, 5) is 0.798. The van der Waals surface area contributed by atoms with E-state index in [1.54, 1.807) is 14.2 Å². The fourth-order valence-corrected chi connectivity index (χ4v) is 4.10. The molecule has 4 aromatic rings. The molecule has 0 aliphatic carbocycles. The van der Waals surface area contributed by atoms with Gasteiger partial charge in [0.2, 0.25) is 4.96 Å². The van der Waals surface area contributed by atoms with Gasteiger partial charge in [0.1, 0.15) is 5.01 Å². The first kappa shape index (κ1) is 17.9. The second kappa shape index (κ2) is 7.66. The highest BCUT2D eigenvalue weighted by Crippen LogP contribution is 2.29. The number of halogens is 1. The van der Waals surface area contributed by atoms with Crippen LogP contribution in [0.4, 0.5) is 0 Å². The summed E-state index contributed by atoms with van der Waals surface area (Å²) in [6, 6.07) is 14.0. The van der Waals surface area contributed by atoms with Gasteiger partial charge < -0.3 is 9.47 Å². The van der Waals surface area contributed by atoms with Crippen LogP contribution in [-0.4, -0.2) is 34.0 Å². The molecule has 0 radical (unpaired) electrons. The second-order valence-electron chi connectivity index (χ2n) is 5.92. The van der Waals surface area contributed by atoms with Gasteiger partial charge in [-0.3, -0.25) is 0 Å². The molecule has 6 nitrogen and oxygen atoms in total. The lowest BCUT2D eigenvalue weighted by Gasteiger charge is -2.09. The zero-order valence-electron chi connectivity index (χ0n) is 14.8. The maximum Gasteiger partial charge on any atom is 0.234 e.